The third-order valence-corrected chi connectivity index (χ3v) is 4.66. The molecule has 0 aromatic carbocycles. The minimum atomic E-state index is 0.458. The van der Waals surface area contributed by atoms with Gasteiger partial charge in [0.05, 0.1) is 5.02 Å². The third kappa shape index (κ3) is 3.87. The Labute approximate surface area is 132 Å². The number of pyridine rings is 1. The lowest BCUT2D eigenvalue weighted by atomic mass is 10.2. The summed E-state index contributed by atoms with van der Waals surface area (Å²) in [4.78, 5) is 9.52. The molecule has 116 valence electrons. The molecule has 0 atom stereocenters. The first-order chi connectivity index (χ1) is 10.1. The van der Waals surface area contributed by atoms with Crippen LogP contribution in [-0.2, 0) is 6.54 Å². The number of hydrogen-bond donors (Lipinski definition) is 1. The quantitative estimate of drug-likeness (QED) is 0.906. The highest BCUT2D eigenvalue weighted by Gasteiger charge is 2.31. The first kappa shape index (κ1) is 15.1. The van der Waals surface area contributed by atoms with E-state index in [1.165, 1.54) is 12.8 Å². The maximum absolute atomic E-state index is 6.26. The molecule has 2 fully saturated rings. The molecular weight excluding hydrogens is 284 g/mol. The van der Waals surface area contributed by atoms with Crippen LogP contribution in [0, 0.1) is 0 Å². The molecule has 1 aliphatic carbocycles. The summed E-state index contributed by atoms with van der Waals surface area (Å²) < 4.78 is 0. The Morgan fingerprint density at radius 3 is 2.62 bits per heavy atom. The number of anilines is 1. The van der Waals surface area contributed by atoms with E-state index in [1.807, 2.05) is 0 Å². The van der Waals surface area contributed by atoms with Gasteiger partial charge in [-0.1, -0.05) is 25.4 Å². The van der Waals surface area contributed by atoms with Crippen LogP contribution in [0.5, 0.6) is 0 Å². The van der Waals surface area contributed by atoms with Gasteiger partial charge in [-0.25, -0.2) is 4.98 Å². The van der Waals surface area contributed by atoms with Gasteiger partial charge in [-0.15, -0.1) is 0 Å². The molecule has 1 aromatic heterocycles. The highest BCUT2D eigenvalue weighted by molar-refractivity contribution is 6.31. The Hall–Kier alpha value is -0.840. The van der Waals surface area contributed by atoms with Crippen LogP contribution in [0.3, 0.4) is 0 Å². The van der Waals surface area contributed by atoms with Gasteiger partial charge in [-0.3, -0.25) is 4.90 Å². The average Bonchev–Trinajstić information content (AvgIpc) is 3.31. The lowest BCUT2D eigenvalue weighted by Gasteiger charge is -2.35. The van der Waals surface area contributed by atoms with Crippen LogP contribution in [0.2, 0.25) is 5.02 Å². The van der Waals surface area contributed by atoms with E-state index < -0.39 is 0 Å². The molecule has 21 heavy (non-hydrogen) atoms. The summed E-state index contributed by atoms with van der Waals surface area (Å²) >= 11 is 6.26. The number of nitrogens with one attached hydrogen (secondary N) is 1. The van der Waals surface area contributed by atoms with E-state index in [0.29, 0.717) is 6.04 Å². The van der Waals surface area contributed by atoms with Crippen LogP contribution in [-0.4, -0.2) is 48.1 Å². The molecule has 3 rings (SSSR count). The number of nitrogens with zero attached hydrogens (tertiary/aromatic N) is 3. The summed E-state index contributed by atoms with van der Waals surface area (Å²) in [5.74, 6) is 1.07. The van der Waals surface area contributed by atoms with Crippen molar-refractivity contribution in [2.45, 2.75) is 45.3 Å². The van der Waals surface area contributed by atoms with Gasteiger partial charge in [0.15, 0.2) is 0 Å². The molecule has 0 amide bonds. The van der Waals surface area contributed by atoms with Crippen molar-refractivity contribution in [1.82, 2.24) is 15.2 Å². The molecule has 4 nitrogen and oxygen atoms in total. The van der Waals surface area contributed by atoms with E-state index in [1.54, 1.807) is 6.20 Å². The fourth-order valence-electron chi connectivity index (χ4n) is 2.85. The molecule has 2 aliphatic rings. The molecule has 1 aliphatic heterocycles. The summed E-state index contributed by atoms with van der Waals surface area (Å²) in [6, 6.07) is 3.47. The van der Waals surface area contributed by atoms with Gasteiger partial charge in [-0.05, 0) is 24.5 Å². The normalized spacial score (nSPS) is 20.3. The van der Waals surface area contributed by atoms with Crippen LogP contribution in [0.4, 0.5) is 5.82 Å². The summed E-state index contributed by atoms with van der Waals surface area (Å²) in [6.07, 6.45) is 4.58. The number of aromatic nitrogens is 1. The smallest absolute Gasteiger partial charge is 0.128 e. The molecule has 0 bridgehead atoms. The van der Waals surface area contributed by atoms with E-state index in [2.05, 4.69) is 40.0 Å². The zero-order valence-electron chi connectivity index (χ0n) is 13.0. The predicted molar refractivity (Wildman–Crippen MR) is 88.0 cm³/mol. The lowest BCUT2D eigenvalue weighted by molar-refractivity contribution is 0.247. The topological polar surface area (TPSA) is 31.4 Å². The number of halogens is 1. The number of rotatable bonds is 5. The van der Waals surface area contributed by atoms with Crippen LogP contribution in [0.1, 0.15) is 32.3 Å². The number of piperazine rings is 1. The van der Waals surface area contributed by atoms with Gasteiger partial charge in [0.1, 0.15) is 5.82 Å². The summed E-state index contributed by atoms with van der Waals surface area (Å²) in [5.41, 5.74) is 1.14. The van der Waals surface area contributed by atoms with E-state index in [4.69, 9.17) is 11.6 Å². The van der Waals surface area contributed by atoms with Crippen molar-refractivity contribution in [2.24, 2.45) is 0 Å². The third-order valence-electron chi connectivity index (χ3n) is 4.32. The van der Waals surface area contributed by atoms with Gasteiger partial charge >= 0.3 is 0 Å². The molecular formula is C16H25ClN4. The maximum atomic E-state index is 6.26. The second-order valence-electron chi connectivity index (χ2n) is 6.42. The molecule has 0 radical (unpaired) electrons. The number of hydrogen-bond acceptors (Lipinski definition) is 4. The lowest BCUT2D eigenvalue weighted by Crippen LogP contribution is -2.47. The van der Waals surface area contributed by atoms with Crippen molar-refractivity contribution >= 4 is 17.4 Å². The van der Waals surface area contributed by atoms with E-state index >= 15 is 0 Å². The predicted octanol–water partition coefficient (Wildman–Crippen LogP) is 2.52. The van der Waals surface area contributed by atoms with Crippen LogP contribution < -0.4 is 10.2 Å². The molecule has 1 saturated heterocycles. The standard InChI is InChI=1S/C16H25ClN4/c1-12(2)18-10-13-9-16(19-11-15(13)17)21-7-5-20(6-8-21)14-3-4-14/h9,11-12,14,18H,3-8,10H2,1-2H3. The van der Waals surface area contributed by atoms with E-state index in [-0.39, 0.29) is 0 Å². The fourth-order valence-corrected chi connectivity index (χ4v) is 3.02. The highest BCUT2D eigenvalue weighted by Crippen LogP contribution is 2.28. The van der Waals surface area contributed by atoms with Crippen molar-refractivity contribution in [2.75, 3.05) is 31.1 Å². The molecule has 2 heterocycles. The summed E-state index contributed by atoms with van der Waals surface area (Å²) in [6.45, 7) is 9.56. The summed E-state index contributed by atoms with van der Waals surface area (Å²) in [7, 11) is 0. The van der Waals surface area contributed by atoms with Crippen molar-refractivity contribution in [3.8, 4) is 0 Å². The second-order valence-corrected chi connectivity index (χ2v) is 6.83. The Bertz CT molecular complexity index is 479. The Kier molecular flexibility index (Phi) is 4.67. The van der Waals surface area contributed by atoms with Gasteiger partial charge in [0, 0.05) is 51.0 Å². The van der Waals surface area contributed by atoms with Gasteiger partial charge in [-0.2, -0.15) is 0 Å². The van der Waals surface area contributed by atoms with Crippen molar-refractivity contribution in [3.05, 3.63) is 22.8 Å². The largest absolute Gasteiger partial charge is 0.354 e. The molecule has 0 spiro atoms. The van der Waals surface area contributed by atoms with Gasteiger partial charge < -0.3 is 10.2 Å². The van der Waals surface area contributed by atoms with E-state index in [0.717, 1.165) is 55.2 Å². The Morgan fingerprint density at radius 2 is 2.00 bits per heavy atom. The van der Waals surface area contributed by atoms with Crippen LogP contribution >= 0.6 is 11.6 Å². The first-order valence-electron chi connectivity index (χ1n) is 8.00. The van der Waals surface area contributed by atoms with Crippen LogP contribution in [0.15, 0.2) is 12.3 Å². The minimum Gasteiger partial charge on any atom is -0.354 e. The van der Waals surface area contributed by atoms with E-state index in [9.17, 15) is 0 Å². The van der Waals surface area contributed by atoms with Crippen molar-refractivity contribution in [3.63, 3.8) is 0 Å². The zero-order chi connectivity index (χ0) is 14.8. The SMILES string of the molecule is CC(C)NCc1cc(N2CCN(C3CC3)CC2)ncc1Cl. The second kappa shape index (κ2) is 6.51. The minimum absolute atomic E-state index is 0.458. The summed E-state index contributed by atoms with van der Waals surface area (Å²) in [5, 5.41) is 4.18. The molecule has 1 N–H and O–H groups in total. The monoisotopic (exact) mass is 308 g/mol. The molecule has 1 saturated carbocycles. The zero-order valence-corrected chi connectivity index (χ0v) is 13.7. The first-order valence-corrected chi connectivity index (χ1v) is 8.38. The van der Waals surface area contributed by atoms with Crippen molar-refractivity contribution in [1.29, 1.82) is 0 Å². The fraction of sp³-hybridized carbons (Fsp3) is 0.688. The molecule has 1 aromatic rings. The van der Waals surface area contributed by atoms with Crippen molar-refractivity contribution < 1.29 is 0 Å². The molecule has 0 unspecified atom stereocenters. The maximum Gasteiger partial charge on any atom is 0.128 e. The van der Waals surface area contributed by atoms with Crippen LogP contribution in [0.25, 0.3) is 0 Å². The highest BCUT2D eigenvalue weighted by atomic mass is 35.5. The van der Waals surface area contributed by atoms with Gasteiger partial charge in [0.2, 0.25) is 0 Å². The Morgan fingerprint density at radius 1 is 1.29 bits per heavy atom. The average molecular weight is 309 g/mol. The Balaban J connectivity index is 1.63. The molecule has 5 heteroatoms. The van der Waals surface area contributed by atoms with Gasteiger partial charge in [0.25, 0.3) is 0 Å².